The maximum absolute atomic E-state index is 12.9. The Morgan fingerprint density at radius 3 is 2.92 bits per heavy atom. The molecule has 0 saturated heterocycles. The number of benzene rings is 1. The third-order valence-electron chi connectivity index (χ3n) is 1.94. The van der Waals surface area contributed by atoms with Crippen molar-refractivity contribution in [3.8, 4) is 6.07 Å². The monoisotopic (exact) mass is 191 g/mol. The third kappa shape index (κ3) is 1.20. The third-order valence-corrected chi connectivity index (χ3v) is 3.02. The number of fused-ring (bicyclic) bond motifs is 1. The number of hydrogen-bond donors (Lipinski definition) is 0. The summed E-state index contributed by atoms with van der Waals surface area (Å²) in [5.41, 5.74) is 0.597. The first-order chi connectivity index (χ1) is 6.22. The minimum atomic E-state index is -0.290. The predicted molar refractivity (Wildman–Crippen MR) is 51.2 cm³/mol. The van der Waals surface area contributed by atoms with Crippen LogP contribution in [0.1, 0.15) is 10.4 Å². The Morgan fingerprint density at radius 1 is 1.46 bits per heavy atom. The summed E-state index contributed by atoms with van der Waals surface area (Å²) in [6.07, 6.45) is 0. The summed E-state index contributed by atoms with van der Waals surface area (Å²) in [5.74, 6) is -0.290. The molecule has 0 amide bonds. The van der Waals surface area contributed by atoms with Crippen molar-refractivity contribution < 1.29 is 4.39 Å². The van der Waals surface area contributed by atoms with Crippen molar-refractivity contribution in [2.24, 2.45) is 0 Å². The Kier molecular flexibility index (Phi) is 1.78. The predicted octanol–water partition coefficient (Wildman–Crippen LogP) is 3.22. The van der Waals surface area contributed by atoms with E-state index >= 15 is 0 Å². The Hall–Kier alpha value is -1.40. The summed E-state index contributed by atoms with van der Waals surface area (Å²) in [6.45, 7) is 1.88. The Morgan fingerprint density at radius 2 is 2.23 bits per heavy atom. The molecule has 1 aromatic heterocycles. The van der Waals surface area contributed by atoms with Gasteiger partial charge in [0.25, 0.3) is 0 Å². The quantitative estimate of drug-likeness (QED) is 0.627. The summed E-state index contributed by atoms with van der Waals surface area (Å²) in [7, 11) is 0. The highest BCUT2D eigenvalue weighted by Crippen LogP contribution is 2.30. The average Bonchev–Trinajstić information content (AvgIpc) is 2.40. The van der Waals surface area contributed by atoms with Crippen molar-refractivity contribution >= 4 is 21.4 Å². The van der Waals surface area contributed by atoms with Gasteiger partial charge in [-0.25, -0.2) is 4.39 Å². The van der Waals surface area contributed by atoms with Gasteiger partial charge in [-0.1, -0.05) is 0 Å². The maximum atomic E-state index is 12.9. The van der Waals surface area contributed by atoms with Crippen molar-refractivity contribution in [3.63, 3.8) is 0 Å². The van der Waals surface area contributed by atoms with Crippen LogP contribution >= 0.6 is 11.3 Å². The highest BCUT2D eigenvalue weighted by Gasteiger charge is 2.08. The van der Waals surface area contributed by atoms with E-state index in [1.54, 1.807) is 6.07 Å². The van der Waals surface area contributed by atoms with Gasteiger partial charge in [0.1, 0.15) is 11.9 Å². The Labute approximate surface area is 79.0 Å². The SMILES string of the molecule is Cc1sc2ccc(F)cc2c1C#N. The molecule has 64 valence electrons. The van der Waals surface area contributed by atoms with Crippen molar-refractivity contribution in [1.29, 1.82) is 5.26 Å². The molecule has 0 atom stereocenters. The summed E-state index contributed by atoms with van der Waals surface area (Å²) in [5, 5.41) is 9.56. The number of halogens is 1. The number of hydrogen-bond acceptors (Lipinski definition) is 2. The molecule has 0 fully saturated rings. The Balaban J connectivity index is 2.91. The van der Waals surface area contributed by atoms with E-state index in [-0.39, 0.29) is 5.82 Å². The molecule has 1 heterocycles. The summed E-state index contributed by atoms with van der Waals surface area (Å²) in [6, 6.07) is 6.63. The van der Waals surface area contributed by atoms with Crippen molar-refractivity contribution in [2.45, 2.75) is 6.92 Å². The van der Waals surface area contributed by atoms with Crippen molar-refractivity contribution in [2.75, 3.05) is 0 Å². The van der Waals surface area contributed by atoms with Crippen LogP contribution in [-0.2, 0) is 0 Å². The van der Waals surface area contributed by atoms with E-state index in [0.29, 0.717) is 5.56 Å². The lowest BCUT2D eigenvalue weighted by Gasteiger charge is -1.89. The van der Waals surface area contributed by atoms with Gasteiger partial charge in [-0.3, -0.25) is 0 Å². The smallest absolute Gasteiger partial charge is 0.123 e. The van der Waals surface area contributed by atoms with Crippen LogP contribution in [0.2, 0.25) is 0 Å². The molecular weight excluding hydrogens is 185 g/mol. The van der Waals surface area contributed by atoms with Gasteiger partial charge < -0.3 is 0 Å². The van der Waals surface area contributed by atoms with Gasteiger partial charge in [-0.2, -0.15) is 5.26 Å². The fourth-order valence-corrected chi connectivity index (χ4v) is 2.33. The molecule has 0 radical (unpaired) electrons. The molecule has 0 bridgehead atoms. The van der Waals surface area contributed by atoms with Crippen LogP contribution in [0, 0.1) is 24.1 Å². The topological polar surface area (TPSA) is 23.8 Å². The standard InChI is InChI=1S/C10H6FNS/c1-6-9(5-12)8-4-7(11)2-3-10(8)13-6/h2-4H,1H3. The minimum Gasteiger partial charge on any atom is -0.207 e. The fourth-order valence-electron chi connectivity index (χ4n) is 1.33. The summed E-state index contributed by atoms with van der Waals surface area (Å²) in [4.78, 5) is 0.947. The second-order valence-electron chi connectivity index (χ2n) is 2.79. The van der Waals surface area contributed by atoms with E-state index in [2.05, 4.69) is 6.07 Å². The van der Waals surface area contributed by atoms with E-state index in [1.807, 2.05) is 6.92 Å². The van der Waals surface area contributed by atoms with Crippen LogP contribution in [0.25, 0.3) is 10.1 Å². The van der Waals surface area contributed by atoms with Crippen LogP contribution in [0.5, 0.6) is 0 Å². The first kappa shape index (κ1) is 8.21. The lowest BCUT2D eigenvalue weighted by atomic mass is 10.1. The lowest BCUT2D eigenvalue weighted by Crippen LogP contribution is -1.75. The molecule has 2 aromatic rings. The van der Waals surface area contributed by atoms with E-state index in [9.17, 15) is 4.39 Å². The zero-order valence-corrected chi connectivity index (χ0v) is 7.78. The molecular formula is C10H6FNS. The largest absolute Gasteiger partial charge is 0.207 e. The second-order valence-corrected chi connectivity index (χ2v) is 4.04. The zero-order valence-electron chi connectivity index (χ0n) is 6.97. The molecule has 13 heavy (non-hydrogen) atoms. The van der Waals surface area contributed by atoms with E-state index in [1.165, 1.54) is 23.5 Å². The molecule has 2 rings (SSSR count). The van der Waals surface area contributed by atoms with Crippen molar-refractivity contribution in [1.82, 2.24) is 0 Å². The van der Waals surface area contributed by atoms with Crippen LogP contribution < -0.4 is 0 Å². The molecule has 1 aromatic carbocycles. The molecule has 0 aliphatic carbocycles. The lowest BCUT2D eigenvalue weighted by molar-refractivity contribution is 0.630. The second kappa shape index (κ2) is 2.82. The van der Waals surface area contributed by atoms with Gasteiger partial charge in [-0.15, -0.1) is 11.3 Å². The first-order valence-corrected chi connectivity index (χ1v) is 4.63. The van der Waals surface area contributed by atoms with Gasteiger partial charge in [0.05, 0.1) is 5.56 Å². The van der Waals surface area contributed by atoms with Gasteiger partial charge in [0.15, 0.2) is 0 Å². The first-order valence-electron chi connectivity index (χ1n) is 3.81. The summed E-state index contributed by atoms with van der Waals surface area (Å²) < 4.78 is 13.8. The van der Waals surface area contributed by atoms with Crippen LogP contribution in [0.4, 0.5) is 4.39 Å². The molecule has 3 heteroatoms. The number of aryl methyl sites for hydroxylation is 1. The molecule has 1 nitrogen and oxygen atoms in total. The fraction of sp³-hybridized carbons (Fsp3) is 0.100. The average molecular weight is 191 g/mol. The van der Waals surface area contributed by atoms with Crippen LogP contribution in [0.3, 0.4) is 0 Å². The molecule has 0 unspecified atom stereocenters. The van der Waals surface area contributed by atoms with Crippen molar-refractivity contribution in [3.05, 3.63) is 34.5 Å². The summed E-state index contributed by atoms with van der Waals surface area (Å²) >= 11 is 1.52. The van der Waals surface area contributed by atoms with Gasteiger partial charge in [0.2, 0.25) is 0 Å². The van der Waals surface area contributed by atoms with Gasteiger partial charge in [0, 0.05) is 15.0 Å². The van der Waals surface area contributed by atoms with Crippen LogP contribution in [0.15, 0.2) is 18.2 Å². The zero-order chi connectivity index (χ0) is 9.42. The molecule has 0 aliphatic heterocycles. The van der Waals surface area contributed by atoms with E-state index in [0.717, 1.165) is 15.0 Å². The van der Waals surface area contributed by atoms with Gasteiger partial charge >= 0.3 is 0 Å². The maximum Gasteiger partial charge on any atom is 0.123 e. The Bertz CT molecular complexity index is 507. The van der Waals surface area contributed by atoms with E-state index < -0.39 is 0 Å². The number of nitrogens with zero attached hydrogens (tertiary/aromatic N) is 1. The minimum absolute atomic E-state index is 0.290. The van der Waals surface area contributed by atoms with E-state index in [4.69, 9.17) is 5.26 Å². The van der Waals surface area contributed by atoms with Crippen LogP contribution in [-0.4, -0.2) is 0 Å². The number of thiophene rings is 1. The molecule has 0 aliphatic rings. The highest BCUT2D eigenvalue weighted by molar-refractivity contribution is 7.19. The molecule has 0 N–H and O–H groups in total. The molecule has 0 saturated carbocycles. The van der Waals surface area contributed by atoms with Gasteiger partial charge in [-0.05, 0) is 25.1 Å². The normalized spacial score (nSPS) is 10.2. The highest BCUT2D eigenvalue weighted by atomic mass is 32.1. The molecule has 0 spiro atoms. The number of nitriles is 1. The number of rotatable bonds is 0.